The Hall–Kier alpha value is -3.25. The molecule has 150 valence electrons. The Morgan fingerprint density at radius 2 is 1.69 bits per heavy atom. The first-order valence-electron chi connectivity index (χ1n) is 9.48. The van der Waals surface area contributed by atoms with Crippen molar-refractivity contribution in [2.24, 2.45) is 0 Å². The third kappa shape index (κ3) is 3.84. The second-order valence-electron chi connectivity index (χ2n) is 6.58. The lowest BCUT2D eigenvalue weighted by Crippen LogP contribution is -2.27. The first-order valence-corrected chi connectivity index (χ1v) is 9.48. The Balaban J connectivity index is 1.38. The number of rotatable bonds is 8. The summed E-state index contributed by atoms with van der Waals surface area (Å²) in [5.74, 6) is 1.99. The van der Waals surface area contributed by atoms with Crippen LogP contribution in [0.5, 0.6) is 5.75 Å². The van der Waals surface area contributed by atoms with E-state index in [0.717, 1.165) is 39.5 Å². The number of carbonyl (C=O) groups is 1. The third-order valence-electron chi connectivity index (χ3n) is 4.83. The molecule has 0 N–H and O–H groups in total. The summed E-state index contributed by atoms with van der Waals surface area (Å²) in [6.45, 7) is 2.48. The highest BCUT2D eigenvalue weighted by Crippen LogP contribution is 2.45. The van der Waals surface area contributed by atoms with Crippen LogP contribution < -0.4 is 4.74 Å². The number of ether oxygens (including phenoxy) is 3. The summed E-state index contributed by atoms with van der Waals surface area (Å²) < 4.78 is 27.3. The number of hydrogen-bond donors (Lipinski definition) is 0. The second kappa shape index (κ2) is 8.41. The molecule has 1 aliphatic carbocycles. The number of esters is 1. The number of hydrogen-bond acceptors (Lipinski definition) is 6. The van der Waals surface area contributed by atoms with E-state index in [-0.39, 0.29) is 5.97 Å². The Labute approximate surface area is 168 Å². The van der Waals surface area contributed by atoms with Gasteiger partial charge in [0.15, 0.2) is 6.10 Å². The molecule has 29 heavy (non-hydrogen) atoms. The van der Waals surface area contributed by atoms with E-state index in [9.17, 15) is 4.79 Å². The van der Waals surface area contributed by atoms with Crippen molar-refractivity contribution >= 4 is 11.5 Å². The molecule has 0 spiro atoms. The Kier molecular flexibility index (Phi) is 5.53. The molecule has 1 aromatic carbocycles. The number of benzene rings is 1. The molecule has 2 aromatic heterocycles. The zero-order valence-electron chi connectivity index (χ0n) is 16.3. The fourth-order valence-electron chi connectivity index (χ4n) is 3.40. The molecule has 2 heterocycles. The normalized spacial score (nSPS) is 13.0. The van der Waals surface area contributed by atoms with E-state index in [1.54, 1.807) is 19.5 Å². The van der Waals surface area contributed by atoms with E-state index in [0.29, 0.717) is 19.6 Å². The van der Waals surface area contributed by atoms with Gasteiger partial charge in [0.25, 0.3) is 0 Å². The van der Waals surface area contributed by atoms with Crippen LogP contribution in [0.2, 0.25) is 0 Å². The van der Waals surface area contributed by atoms with E-state index in [4.69, 9.17) is 23.0 Å². The molecule has 1 aliphatic rings. The zero-order chi connectivity index (χ0) is 20.2. The maximum absolute atomic E-state index is 11.9. The average Bonchev–Trinajstić information content (AvgIpc) is 3.43. The minimum absolute atomic E-state index is 0.333. The zero-order valence-corrected chi connectivity index (χ0v) is 16.3. The van der Waals surface area contributed by atoms with E-state index < -0.39 is 6.10 Å². The molecule has 0 fully saturated rings. The third-order valence-corrected chi connectivity index (χ3v) is 4.83. The van der Waals surface area contributed by atoms with Crippen LogP contribution in [0, 0.1) is 0 Å². The molecular weight excluding hydrogens is 372 g/mol. The van der Waals surface area contributed by atoms with Gasteiger partial charge in [-0.25, -0.2) is 4.79 Å². The van der Waals surface area contributed by atoms with Gasteiger partial charge in [-0.05, 0) is 42.8 Å². The minimum Gasteiger partial charge on any atom is -0.490 e. The van der Waals surface area contributed by atoms with Gasteiger partial charge >= 0.3 is 5.97 Å². The standard InChI is InChI=1S/C23H22O6/c1-3-26-23(24)20(25-2)14-15-4-6-16(7-5-15)27-11-10-19-21-17(8-12-28-21)18-9-13-29-22(18)19/h4-10,12-13,20H,3,11,14H2,1-2H3. The second-order valence-corrected chi connectivity index (χ2v) is 6.58. The molecular formula is C23H22O6. The molecule has 0 saturated heterocycles. The summed E-state index contributed by atoms with van der Waals surface area (Å²) >= 11 is 0. The molecule has 3 aromatic rings. The van der Waals surface area contributed by atoms with Crippen molar-refractivity contribution in [1.29, 1.82) is 0 Å². The van der Waals surface area contributed by atoms with Crippen LogP contribution >= 0.6 is 0 Å². The number of methoxy groups -OCH3 is 1. The predicted molar refractivity (Wildman–Crippen MR) is 107 cm³/mol. The van der Waals surface area contributed by atoms with Crippen molar-refractivity contribution in [1.82, 2.24) is 0 Å². The van der Waals surface area contributed by atoms with Gasteiger partial charge < -0.3 is 23.0 Å². The first-order chi connectivity index (χ1) is 14.2. The Morgan fingerprint density at radius 1 is 1.03 bits per heavy atom. The van der Waals surface area contributed by atoms with Crippen LogP contribution in [0.25, 0.3) is 16.7 Å². The minimum atomic E-state index is -0.612. The maximum atomic E-state index is 11.9. The van der Waals surface area contributed by atoms with Crippen LogP contribution in [-0.2, 0) is 20.7 Å². The monoisotopic (exact) mass is 394 g/mol. The van der Waals surface area contributed by atoms with Gasteiger partial charge in [0.05, 0.1) is 24.7 Å². The van der Waals surface area contributed by atoms with Crippen molar-refractivity contribution < 1.29 is 27.8 Å². The van der Waals surface area contributed by atoms with E-state index in [1.807, 2.05) is 42.5 Å². The number of furan rings is 2. The molecule has 6 nitrogen and oxygen atoms in total. The van der Waals surface area contributed by atoms with Crippen molar-refractivity contribution in [3.8, 4) is 16.9 Å². The van der Waals surface area contributed by atoms with Gasteiger partial charge in [0, 0.05) is 24.7 Å². The van der Waals surface area contributed by atoms with Gasteiger partial charge in [-0.1, -0.05) is 12.1 Å². The van der Waals surface area contributed by atoms with E-state index >= 15 is 0 Å². The summed E-state index contributed by atoms with van der Waals surface area (Å²) in [6, 6.07) is 11.5. The lowest BCUT2D eigenvalue weighted by Gasteiger charge is -2.14. The molecule has 0 bridgehead atoms. The largest absolute Gasteiger partial charge is 0.490 e. The topological polar surface area (TPSA) is 71.0 Å². The van der Waals surface area contributed by atoms with Crippen LogP contribution in [-0.4, -0.2) is 32.4 Å². The van der Waals surface area contributed by atoms with Gasteiger partial charge in [0.2, 0.25) is 0 Å². The van der Waals surface area contributed by atoms with Crippen LogP contribution in [0.15, 0.2) is 63.8 Å². The molecule has 6 heteroatoms. The highest BCUT2D eigenvalue weighted by atomic mass is 16.6. The van der Waals surface area contributed by atoms with Crippen molar-refractivity contribution in [3.05, 3.63) is 72.1 Å². The van der Waals surface area contributed by atoms with Crippen LogP contribution in [0.4, 0.5) is 0 Å². The fourth-order valence-corrected chi connectivity index (χ4v) is 3.40. The van der Waals surface area contributed by atoms with Gasteiger partial charge in [0.1, 0.15) is 23.9 Å². The van der Waals surface area contributed by atoms with Gasteiger partial charge in [-0.3, -0.25) is 0 Å². The molecule has 4 rings (SSSR count). The summed E-state index contributed by atoms with van der Waals surface area (Å²) in [5.41, 5.74) is 3.95. The van der Waals surface area contributed by atoms with Crippen molar-refractivity contribution in [2.75, 3.05) is 20.3 Å². The SMILES string of the molecule is CCOC(=O)C(Cc1ccc(OCC=C2c3occc3-c3ccoc32)cc1)OC. The Morgan fingerprint density at radius 3 is 2.28 bits per heavy atom. The van der Waals surface area contributed by atoms with Crippen LogP contribution in [0.1, 0.15) is 24.0 Å². The van der Waals surface area contributed by atoms with E-state index in [2.05, 4.69) is 0 Å². The highest BCUT2D eigenvalue weighted by molar-refractivity contribution is 5.97. The fraction of sp³-hybridized carbons (Fsp3) is 0.261. The molecule has 0 radical (unpaired) electrons. The highest BCUT2D eigenvalue weighted by Gasteiger charge is 2.29. The number of carbonyl (C=O) groups excluding carboxylic acids is 1. The molecule has 0 amide bonds. The van der Waals surface area contributed by atoms with Crippen molar-refractivity contribution in [2.45, 2.75) is 19.4 Å². The lowest BCUT2D eigenvalue weighted by atomic mass is 10.1. The number of fused-ring (bicyclic) bond motifs is 3. The summed E-state index contributed by atoms with van der Waals surface area (Å²) in [6.07, 6.45) is 5.14. The average molecular weight is 394 g/mol. The first kappa shape index (κ1) is 19.1. The summed E-state index contributed by atoms with van der Waals surface area (Å²) in [4.78, 5) is 11.9. The summed E-state index contributed by atoms with van der Waals surface area (Å²) in [7, 11) is 1.50. The molecule has 1 atom stereocenters. The van der Waals surface area contributed by atoms with Gasteiger partial charge in [-0.15, -0.1) is 0 Å². The smallest absolute Gasteiger partial charge is 0.335 e. The van der Waals surface area contributed by atoms with E-state index in [1.165, 1.54) is 7.11 Å². The molecule has 0 saturated carbocycles. The quantitative estimate of drug-likeness (QED) is 0.410. The van der Waals surface area contributed by atoms with Crippen LogP contribution in [0.3, 0.4) is 0 Å². The lowest BCUT2D eigenvalue weighted by molar-refractivity contribution is -0.154. The maximum Gasteiger partial charge on any atom is 0.335 e. The Bertz CT molecular complexity index is 966. The molecule has 1 unspecified atom stereocenters. The van der Waals surface area contributed by atoms with Gasteiger partial charge in [-0.2, -0.15) is 0 Å². The predicted octanol–water partition coefficient (Wildman–Crippen LogP) is 4.48. The molecule has 0 aliphatic heterocycles. The van der Waals surface area contributed by atoms with Crippen molar-refractivity contribution in [3.63, 3.8) is 0 Å². The summed E-state index contributed by atoms with van der Waals surface area (Å²) in [5, 5.41) is 0.